The highest BCUT2D eigenvalue weighted by Gasteiger charge is 2.33. The first kappa shape index (κ1) is 16.8. The fourth-order valence-electron chi connectivity index (χ4n) is 2.77. The van der Waals surface area contributed by atoms with Crippen molar-refractivity contribution in [1.29, 1.82) is 0 Å². The fourth-order valence-corrected chi connectivity index (χ4v) is 3.47. The molecular formula is C16H23NO4S. The van der Waals surface area contributed by atoms with Gasteiger partial charge in [0.15, 0.2) is 11.5 Å². The number of benzene rings is 1. The third kappa shape index (κ3) is 3.27. The smallest absolute Gasteiger partial charge is 0.414 e. The molecule has 22 heavy (non-hydrogen) atoms. The van der Waals surface area contributed by atoms with E-state index in [1.54, 1.807) is 30.9 Å². The number of hydrogen-bond donors (Lipinski definition) is 0. The molecule has 6 heteroatoms. The van der Waals surface area contributed by atoms with Crippen LogP contribution in [-0.2, 0) is 11.2 Å². The monoisotopic (exact) mass is 325 g/mol. The van der Waals surface area contributed by atoms with E-state index in [2.05, 4.69) is 0 Å². The van der Waals surface area contributed by atoms with Crippen molar-refractivity contribution in [3.8, 4) is 11.5 Å². The van der Waals surface area contributed by atoms with Gasteiger partial charge in [0.1, 0.15) is 0 Å². The minimum absolute atomic E-state index is 0.139. The summed E-state index contributed by atoms with van der Waals surface area (Å²) >= 11 is 1.73. The quantitative estimate of drug-likeness (QED) is 0.831. The summed E-state index contributed by atoms with van der Waals surface area (Å²) in [5.41, 5.74) is 1.95. The molecule has 1 aliphatic rings. The zero-order valence-electron chi connectivity index (χ0n) is 13.5. The number of methoxy groups -OCH3 is 2. The highest BCUT2D eigenvalue weighted by molar-refractivity contribution is 7.98. The Labute approximate surface area is 135 Å². The molecule has 0 saturated carbocycles. The van der Waals surface area contributed by atoms with E-state index < -0.39 is 0 Å². The summed E-state index contributed by atoms with van der Waals surface area (Å²) in [5.74, 6) is 2.20. The molecule has 0 aromatic heterocycles. The van der Waals surface area contributed by atoms with E-state index in [1.807, 2.05) is 25.3 Å². The van der Waals surface area contributed by atoms with Gasteiger partial charge < -0.3 is 14.2 Å². The summed E-state index contributed by atoms with van der Waals surface area (Å²) in [7, 11) is 3.22. The third-order valence-electron chi connectivity index (χ3n) is 3.78. The number of carbonyl (C=O) groups excluding carboxylic acids is 1. The van der Waals surface area contributed by atoms with Gasteiger partial charge in [-0.3, -0.25) is 4.90 Å². The van der Waals surface area contributed by atoms with Crippen LogP contribution in [0.4, 0.5) is 10.5 Å². The lowest BCUT2D eigenvalue weighted by atomic mass is 9.96. The largest absolute Gasteiger partial charge is 0.493 e. The lowest BCUT2D eigenvalue weighted by Gasteiger charge is -2.36. The van der Waals surface area contributed by atoms with E-state index in [-0.39, 0.29) is 12.1 Å². The van der Waals surface area contributed by atoms with Crippen LogP contribution in [0.25, 0.3) is 0 Å². The highest BCUT2D eigenvalue weighted by atomic mass is 32.2. The Hall–Kier alpha value is -1.56. The van der Waals surface area contributed by atoms with Crippen LogP contribution in [0.2, 0.25) is 0 Å². The molecule has 1 atom stereocenters. The molecule has 0 radical (unpaired) electrons. The topological polar surface area (TPSA) is 48.0 Å². The second-order valence-electron chi connectivity index (χ2n) is 5.05. The van der Waals surface area contributed by atoms with Crippen molar-refractivity contribution in [2.45, 2.75) is 25.8 Å². The van der Waals surface area contributed by atoms with Crippen molar-refractivity contribution < 1.29 is 19.0 Å². The Bertz CT molecular complexity index is 535. The number of thioether (sulfide) groups is 1. The van der Waals surface area contributed by atoms with Gasteiger partial charge in [-0.15, -0.1) is 0 Å². The van der Waals surface area contributed by atoms with Crippen molar-refractivity contribution in [1.82, 2.24) is 0 Å². The molecule has 1 aliphatic heterocycles. The molecule has 1 unspecified atom stereocenters. The van der Waals surface area contributed by atoms with E-state index >= 15 is 0 Å². The molecule has 5 nitrogen and oxygen atoms in total. The van der Waals surface area contributed by atoms with Crippen LogP contribution in [0.3, 0.4) is 0 Å². The van der Waals surface area contributed by atoms with Crippen molar-refractivity contribution in [2.24, 2.45) is 0 Å². The van der Waals surface area contributed by atoms with Gasteiger partial charge in [-0.2, -0.15) is 11.8 Å². The fraction of sp³-hybridized carbons (Fsp3) is 0.562. The number of aryl methyl sites for hydroxylation is 1. The first-order valence-corrected chi connectivity index (χ1v) is 8.75. The first-order chi connectivity index (χ1) is 10.7. The summed E-state index contributed by atoms with van der Waals surface area (Å²) in [6.07, 6.45) is 3.58. The van der Waals surface area contributed by atoms with Crippen molar-refractivity contribution >= 4 is 23.5 Å². The zero-order chi connectivity index (χ0) is 16.1. The average Bonchev–Trinajstić information content (AvgIpc) is 2.53. The van der Waals surface area contributed by atoms with Crippen LogP contribution in [0, 0.1) is 0 Å². The van der Waals surface area contributed by atoms with Crippen LogP contribution in [0.5, 0.6) is 11.5 Å². The normalized spacial score (nSPS) is 16.9. The second-order valence-corrected chi connectivity index (χ2v) is 5.96. The number of nitrogens with zero attached hydrogens (tertiary/aromatic N) is 1. The predicted molar refractivity (Wildman–Crippen MR) is 89.5 cm³/mol. The molecule has 0 bridgehead atoms. The molecule has 0 N–H and O–H groups in total. The SMILES string of the molecule is CCOC(=O)N1c2cc(OC)c(OC)cc2CCC1CSC. The van der Waals surface area contributed by atoms with Gasteiger partial charge in [-0.05, 0) is 37.7 Å². The Balaban J connectivity index is 2.46. The van der Waals surface area contributed by atoms with Crippen LogP contribution in [-0.4, -0.2) is 45.0 Å². The van der Waals surface area contributed by atoms with Gasteiger partial charge >= 0.3 is 6.09 Å². The molecule has 122 valence electrons. The van der Waals surface area contributed by atoms with E-state index in [9.17, 15) is 4.79 Å². The second kappa shape index (κ2) is 7.63. The van der Waals surface area contributed by atoms with Crippen molar-refractivity contribution in [3.63, 3.8) is 0 Å². The summed E-state index contributed by atoms with van der Waals surface area (Å²) in [6, 6.07) is 3.97. The predicted octanol–water partition coefficient (Wildman–Crippen LogP) is 3.34. The maximum Gasteiger partial charge on any atom is 0.414 e. The Morgan fingerprint density at radius 2 is 2.00 bits per heavy atom. The van der Waals surface area contributed by atoms with Crippen LogP contribution in [0.1, 0.15) is 18.9 Å². The van der Waals surface area contributed by atoms with Gasteiger partial charge in [0.05, 0.1) is 26.5 Å². The highest BCUT2D eigenvalue weighted by Crippen LogP contribution is 2.40. The summed E-state index contributed by atoms with van der Waals surface area (Å²) < 4.78 is 16.0. The molecule has 0 saturated heterocycles. The van der Waals surface area contributed by atoms with Crippen molar-refractivity contribution in [2.75, 3.05) is 37.7 Å². The molecule has 0 aliphatic carbocycles. The number of anilines is 1. The average molecular weight is 325 g/mol. The van der Waals surface area contributed by atoms with Gasteiger partial charge in [-0.25, -0.2) is 4.79 Å². The number of rotatable bonds is 5. The number of hydrogen-bond acceptors (Lipinski definition) is 5. The van der Waals surface area contributed by atoms with Gasteiger partial charge in [-0.1, -0.05) is 0 Å². The van der Waals surface area contributed by atoms with Crippen LogP contribution < -0.4 is 14.4 Å². The standard InChI is InChI=1S/C16H23NO4S/c1-5-21-16(18)17-12(10-22-4)7-6-11-8-14(19-2)15(20-3)9-13(11)17/h8-9,12H,5-7,10H2,1-4H3. The van der Waals surface area contributed by atoms with Crippen molar-refractivity contribution in [3.05, 3.63) is 17.7 Å². The molecule has 1 heterocycles. The Kier molecular flexibility index (Phi) is 5.83. The zero-order valence-corrected chi connectivity index (χ0v) is 14.4. The molecule has 0 spiro atoms. The Morgan fingerprint density at radius 3 is 2.59 bits per heavy atom. The van der Waals surface area contributed by atoms with Gasteiger partial charge in [0.25, 0.3) is 0 Å². The number of carbonyl (C=O) groups is 1. The summed E-state index contributed by atoms with van der Waals surface area (Å²) in [6.45, 7) is 2.19. The summed E-state index contributed by atoms with van der Waals surface area (Å²) in [5, 5.41) is 0. The van der Waals surface area contributed by atoms with Crippen LogP contribution >= 0.6 is 11.8 Å². The molecule has 1 aromatic carbocycles. The number of ether oxygens (including phenoxy) is 3. The molecule has 2 rings (SSSR count). The lowest BCUT2D eigenvalue weighted by molar-refractivity contribution is 0.156. The maximum atomic E-state index is 12.4. The first-order valence-electron chi connectivity index (χ1n) is 7.36. The Morgan fingerprint density at radius 1 is 1.32 bits per heavy atom. The number of amides is 1. The molecular weight excluding hydrogens is 302 g/mol. The minimum Gasteiger partial charge on any atom is -0.493 e. The molecule has 0 fully saturated rings. The van der Waals surface area contributed by atoms with E-state index in [4.69, 9.17) is 14.2 Å². The third-order valence-corrected chi connectivity index (χ3v) is 4.50. The minimum atomic E-state index is -0.297. The lowest BCUT2D eigenvalue weighted by Crippen LogP contribution is -2.45. The number of fused-ring (bicyclic) bond motifs is 1. The van der Waals surface area contributed by atoms with E-state index in [1.165, 1.54) is 0 Å². The van der Waals surface area contributed by atoms with Gasteiger partial charge in [0.2, 0.25) is 0 Å². The van der Waals surface area contributed by atoms with E-state index in [0.717, 1.165) is 29.8 Å². The van der Waals surface area contributed by atoms with E-state index in [0.29, 0.717) is 18.1 Å². The van der Waals surface area contributed by atoms with Crippen LogP contribution in [0.15, 0.2) is 12.1 Å². The summed E-state index contributed by atoms with van der Waals surface area (Å²) in [4.78, 5) is 14.2. The van der Waals surface area contributed by atoms with Gasteiger partial charge in [0, 0.05) is 17.9 Å². The molecule has 1 amide bonds. The molecule has 1 aromatic rings. The maximum absolute atomic E-state index is 12.4.